The minimum atomic E-state index is -0.953. The molecule has 9 heteroatoms. The number of non-ortho nitro benzene ring substituents is 1. The molecule has 1 unspecified atom stereocenters. The van der Waals surface area contributed by atoms with E-state index in [9.17, 15) is 24.8 Å². The summed E-state index contributed by atoms with van der Waals surface area (Å²) in [6, 6.07) is 22.6. The first-order chi connectivity index (χ1) is 19.3. The Kier molecular flexibility index (Phi) is 7.37. The predicted octanol–water partition coefficient (Wildman–Crippen LogP) is 5.50. The first kappa shape index (κ1) is 26.3. The summed E-state index contributed by atoms with van der Waals surface area (Å²) >= 11 is 0. The van der Waals surface area contributed by atoms with E-state index >= 15 is 0 Å². The number of rotatable bonds is 8. The van der Waals surface area contributed by atoms with Crippen LogP contribution in [-0.2, 0) is 22.7 Å². The average molecular weight is 536 g/mol. The van der Waals surface area contributed by atoms with E-state index in [-0.39, 0.29) is 23.6 Å². The molecule has 4 aromatic rings. The molecule has 1 fully saturated rings. The fourth-order valence-corrected chi connectivity index (χ4v) is 4.65. The molecule has 1 aliphatic rings. The van der Waals surface area contributed by atoms with Crippen LogP contribution in [0.5, 0.6) is 5.75 Å². The van der Waals surface area contributed by atoms with Gasteiger partial charge in [-0.05, 0) is 77.7 Å². The number of likely N-dealkylation sites (tertiary alicyclic amines) is 1. The van der Waals surface area contributed by atoms with Crippen molar-refractivity contribution in [3.05, 3.63) is 141 Å². The minimum absolute atomic E-state index is 0.0806. The highest BCUT2D eigenvalue weighted by Gasteiger charge is 2.46. The van der Waals surface area contributed by atoms with E-state index in [1.54, 1.807) is 48.8 Å². The van der Waals surface area contributed by atoms with Gasteiger partial charge in [-0.25, -0.2) is 0 Å². The number of amides is 1. The van der Waals surface area contributed by atoms with E-state index in [2.05, 4.69) is 4.98 Å². The van der Waals surface area contributed by atoms with Crippen molar-refractivity contribution >= 4 is 23.1 Å². The lowest BCUT2D eigenvalue weighted by molar-refractivity contribution is -0.384. The van der Waals surface area contributed by atoms with Gasteiger partial charge < -0.3 is 14.7 Å². The van der Waals surface area contributed by atoms with Gasteiger partial charge in [0.05, 0.1) is 16.5 Å². The fraction of sp³-hybridized carbons (Fsp3) is 0.129. The molecular formula is C31H25N3O6. The lowest BCUT2D eigenvalue weighted by atomic mass is 9.95. The molecule has 9 nitrogen and oxygen atoms in total. The highest BCUT2D eigenvalue weighted by molar-refractivity contribution is 6.46. The Morgan fingerprint density at radius 2 is 1.65 bits per heavy atom. The number of hydrogen-bond donors (Lipinski definition) is 1. The summed E-state index contributed by atoms with van der Waals surface area (Å²) in [6.45, 7) is 2.46. The quantitative estimate of drug-likeness (QED) is 0.104. The first-order valence-electron chi connectivity index (χ1n) is 12.5. The third kappa shape index (κ3) is 5.30. The molecule has 0 bridgehead atoms. The molecule has 1 aromatic heterocycles. The molecule has 1 aliphatic heterocycles. The molecule has 3 aromatic carbocycles. The van der Waals surface area contributed by atoms with Gasteiger partial charge >= 0.3 is 0 Å². The van der Waals surface area contributed by atoms with Gasteiger partial charge in [-0.15, -0.1) is 0 Å². The Bertz CT molecular complexity index is 1600. The lowest BCUT2D eigenvalue weighted by Crippen LogP contribution is -2.29. The summed E-state index contributed by atoms with van der Waals surface area (Å²) in [4.78, 5) is 42.5. The maximum atomic E-state index is 13.3. The predicted molar refractivity (Wildman–Crippen MR) is 147 cm³/mol. The zero-order valence-corrected chi connectivity index (χ0v) is 21.6. The maximum absolute atomic E-state index is 13.3. The molecule has 2 heterocycles. The zero-order valence-electron chi connectivity index (χ0n) is 21.6. The number of ketones is 1. The van der Waals surface area contributed by atoms with Crippen LogP contribution in [0.1, 0.15) is 33.9 Å². The summed E-state index contributed by atoms with van der Waals surface area (Å²) in [5, 5.41) is 22.5. The number of pyridine rings is 1. The highest BCUT2D eigenvalue weighted by atomic mass is 16.6. The van der Waals surface area contributed by atoms with Crippen molar-refractivity contribution < 1.29 is 24.4 Å². The smallest absolute Gasteiger partial charge is 0.295 e. The van der Waals surface area contributed by atoms with Gasteiger partial charge in [-0.2, -0.15) is 0 Å². The molecule has 0 radical (unpaired) electrons. The van der Waals surface area contributed by atoms with E-state index in [1.165, 1.54) is 29.2 Å². The lowest BCUT2D eigenvalue weighted by Gasteiger charge is -2.25. The normalized spacial score (nSPS) is 16.2. The van der Waals surface area contributed by atoms with Crippen LogP contribution in [0.4, 0.5) is 5.69 Å². The molecule has 1 amide bonds. The standard InChI is InChI=1S/C31H25N3O6/c1-20-4-2-3-5-24(20)19-40-26-12-8-23(9-13-26)29(35)27-28(22-6-10-25(11-7-22)34(38)39)33(31(37)30(27)36)18-21-14-16-32-17-15-21/h2-17,28,35H,18-19H2,1H3. The van der Waals surface area contributed by atoms with Crippen molar-refractivity contribution in [1.82, 2.24) is 9.88 Å². The van der Waals surface area contributed by atoms with Gasteiger partial charge in [0.1, 0.15) is 18.1 Å². The van der Waals surface area contributed by atoms with E-state index in [1.807, 2.05) is 31.2 Å². The number of aromatic nitrogens is 1. The number of carbonyl (C=O) groups excluding carboxylic acids is 2. The molecule has 0 spiro atoms. The Balaban J connectivity index is 1.49. The number of benzene rings is 3. The molecule has 0 saturated carbocycles. The van der Waals surface area contributed by atoms with Crippen molar-refractivity contribution in [2.45, 2.75) is 26.1 Å². The molecule has 200 valence electrons. The molecule has 0 aliphatic carbocycles. The number of carbonyl (C=O) groups is 2. The van der Waals surface area contributed by atoms with Gasteiger partial charge in [0, 0.05) is 36.6 Å². The first-order valence-corrected chi connectivity index (χ1v) is 12.5. The number of Topliss-reactive ketones (excluding diaryl/α,β-unsaturated/α-hetero) is 1. The number of nitro groups is 1. The Labute approximate surface area is 230 Å². The van der Waals surface area contributed by atoms with E-state index in [0.717, 1.165) is 16.7 Å². The zero-order chi connectivity index (χ0) is 28.2. The van der Waals surface area contributed by atoms with E-state index < -0.39 is 22.7 Å². The molecule has 40 heavy (non-hydrogen) atoms. The van der Waals surface area contributed by atoms with Gasteiger partial charge in [-0.1, -0.05) is 24.3 Å². The van der Waals surface area contributed by atoms with Gasteiger partial charge in [-0.3, -0.25) is 24.7 Å². The van der Waals surface area contributed by atoms with Gasteiger partial charge in [0.2, 0.25) is 0 Å². The number of hydrogen-bond acceptors (Lipinski definition) is 7. The van der Waals surface area contributed by atoms with Crippen LogP contribution in [-0.4, -0.2) is 31.6 Å². The van der Waals surface area contributed by atoms with Crippen molar-refractivity contribution in [3.8, 4) is 5.75 Å². The van der Waals surface area contributed by atoms with Gasteiger partial charge in [0.25, 0.3) is 17.4 Å². The molecule has 5 rings (SSSR count). The second kappa shape index (κ2) is 11.2. The molecule has 1 atom stereocenters. The number of aliphatic hydroxyl groups excluding tert-OH is 1. The number of nitro benzene ring substituents is 1. The van der Waals surface area contributed by atoms with Crippen molar-refractivity contribution in [3.63, 3.8) is 0 Å². The summed E-state index contributed by atoms with van der Waals surface area (Å²) in [5.74, 6) is -1.39. The number of ether oxygens (including phenoxy) is 1. The third-order valence-electron chi connectivity index (χ3n) is 6.85. The minimum Gasteiger partial charge on any atom is -0.507 e. The largest absolute Gasteiger partial charge is 0.507 e. The van der Waals surface area contributed by atoms with Crippen molar-refractivity contribution in [2.75, 3.05) is 0 Å². The fourth-order valence-electron chi connectivity index (χ4n) is 4.65. The van der Waals surface area contributed by atoms with Crippen molar-refractivity contribution in [2.24, 2.45) is 0 Å². The average Bonchev–Trinajstić information content (AvgIpc) is 3.22. The van der Waals surface area contributed by atoms with E-state index in [4.69, 9.17) is 4.74 Å². The van der Waals surface area contributed by atoms with Crippen LogP contribution in [0.25, 0.3) is 5.76 Å². The van der Waals surface area contributed by atoms with Crippen LogP contribution in [0.3, 0.4) is 0 Å². The van der Waals surface area contributed by atoms with Gasteiger partial charge in [0.15, 0.2) is 0 Å². The van der Waals surface area contributed by atoms with Crippen molar-refractivity contribution in [1.29, 1.82) is 0 Å². The number of aliphatic hydroxyl groups is 1. The second-order valence-corrected chi connectivity index (χ2v) is 9.37. The Morgan fingerprint density at radius 1 is 0.975 bits per heavy atom. The summed E-state index contributed by atoms with van der Waals surface area (Å²) in [7, 11) is 0. The topological polar surface area (TPSA) is 123 Å². The Hall–Kier alpha value is -5.31. The highest BCUT2D eigenvalue weighted by Crippen LogP contribution is 2.40. The number of nitrogens with zero attached hydrogens (tertiary/aromatic N) is 3. The summed E-state index contributed by atoms with van der Waals surface area (Å²) < 4.78 is 5.89. The Morgan fingerprint density at radius 3 is 2.30 bits per heavy atom. The van der Waals surface area contributed by atoms with Crippen LogP contribution in [0, 0.1) is 17.0 Å². The summed E-state index contributed by atoms with van der Waals surface area (Å²) in [5.41, 5.74) is 3.46. The molecule has 1 saturated heterocycles. The monoisotopic (exact) mass is 535 g/mol. The van der Waals surface area contributed by atoms with Crippen LogP contribution >= 0.6 is 0 Å². The summed E-state index contributed by atoms with van der Waals surface area (Å²) in [6.07, 6.45) is 3.16. The van der Waals surface area contributed by atoms with Crippen LogP contribution in [0.2, 0.25) is 0 Å². The van der Waals surface area contributed by atoms with E-state index in [0.29, 0.717) is 23.5 Å². The molecular weight excluding hydrogens is 510 g/mol. The second-order valence-electron chi connectivity index (χ2n) is 9.37. The third-order valence-corrected chi connectivity index (χ3v) is 6.85. The number of aryl methyl sites for hydroxylation is 1. The van der Waals surface area contributed by atoms with Crippen LogP contribution < -0.4 is 4.74 Å². The van der Waals surface area contributed by atoms with Crippen LogP contribution in [0.15, 0.2) is 103 Å². The maximum Gasteiger partial charge on any atom is 0.295 e. The SMILES string of the molecule is Cc1ccccc1COc1ccc(C(O)=C2C(=O)C(=O)N(Cc3ccncc3)C2c2ccc([N+](=O)[O-])cc2)cc1. The molecule has 1 N–H and O–H groups in total.